The minimum atomic E-state index is 0.139. The Kier molecular flexibility index (Phi) is 4.91. The monoisotopic (exact) mass is 319 g/mol. The van der Waals surface area contributed by atoms with Gasteiger partial charge in [0.05, 0.1) is 31.9 Å². The van der Waals surface area contributed by atoms with Gasteiger partial charge in [0, 0.05) is 6.54 Å². The second-order valence-corrected chi connectivity index (χ2v) is 6.06. The van der Waals surface area contributed by atoms with Gasteiger partial charge in [0.25, 0.3) is 0 Å². The van der Waals surface area contributed by atoms with Gasteiger partial charge in [-0.1, -0.05) is 6.07 Å². The standard InChI is InChI=1S/C17H25N3O3/c1-3-18-17(20-13-9-12-5-7-15(13)23-12)19-10-11-4-6-16(22-2)14(21)8-11/h4,6,8,12-13,15,21H,3,5,7,9-10H2,1-2H3,(H2,18,19,20). The number of nitrogens with zero attached hydrogens (tertiary/aromatic N) is 1. The van der Waals surface area contributed by atoms with Gasteiger partial charge in [0.1, 0.15) is 0 Å². The molecule has 2 heterocycles. The molecule has 2 aliphatic heterocycles. The number of aromatic hydroxyl groups is 1. The van der Waals surface area contributed by atoms with Crippen molar-refractivity contribution in [1.29, 1.82) is 0 Å². The summed E-state index contributed by atoms with van der Waals surface area (Å²) >= 11 is 0. The van der Waals surface area contributed by atoms with E-state index in [0.29, 0.717) is 30.5 Å². The van der Waals surface area contributed by atoms with Crippen molar-refractivity contribution in [1.82, 2.24) is 10.6 Å². The van der Waals surface area contributed by atoms with Crippen LogP contribution in [-0.2, 0) is 11.3 Å². The number of nitrogens with one attached hydrogen (secondary N) is 2. The molecule has 3 unspecified atom stereocenters. The number of guanidine groups is 1. The number of phenols is 1. The highest BCUT2D eigenvalue weighted by atomic mass is 16.5. The Morgan fingerprint density at radius 1 is 1.43 bits per heavy atom. The number of fused-ring (bicyclic) bond motifs is 2. The number of ether oxygens (including phenoxy) is 2. The van der Waals surface area contributed by atoms with E-state index in [-0.39, 0.29) is 5.75 Å². The lowest BCUT2D eigenvalue weighted by molar-refractivity contribution is 0.0992. The van der Waals surface area contributed by atoms with E-state index in [1.165, 1.54) is 13.5 Å². The molecule has 0 amide bonds. The van der Waals surface area contributed by atoms with Gasteiger partial charge in [-0.15, -0.1) is 0 Å². The van der Waals surface area contributed by atoms with Crippen LogP contribution in [0.4, 0.5) is 0 Å². The van der Waals surface area contributed by atoms with Gasteiger partial charge in [-0.05, 0) is 43.9 Å². The lowest BCUT2D eigenvalue weighted by Gasteiger charge is -2.22. The third-order valence-electron chi connectivity index (χ3n) is 4.44. The number of hydrogen-bond donors (Lipinski definition) is 3. The van der Waals surface area contributed by atoms with Crippen LogP contribution in [0.5, 0.6) is 11.5 Å². The summed E-state index contributed by atoms with van der Waals surface area (Å²) < 4.78 is 10.9. The smallest absolute Gasteiger partial charge is 0.191 e. The topological polar surface area (TPSA) is 75.1 Å². The first-order chi connectivity index (χ1) is 11.2. The SMILES string of the molecule is CCNC(=NCc1ccc(OC)c(O)c1)NC1CC2CCC1O2. The molecule has 3 rings (SSSR count). The molecule has 6 nitrogen and oxygen atoms in total. The Hall–Kier alpha value is -1.95. The van der Waals surface area contributed by atoms with E-state index in [1.807, 2.05) is 13.0 Å². The van der Waals surface area contributed by atoms with E-state index < -0.39 is 0 Å². The zero-order valence-electron chi connectivity index (χ0n) is 13.7. The number of aliphatic imine (C=N–C) groups is 1. The summed E-state index contributed by atoms with van der Waals surface area (Å²) in [6.07, 6.45) is 4.10. The van der Waals surface area contributed by atoms with E-state index >= 15 is 0 Å². The molecule has 0 saturated carbocycles. The summed E-state index contributed by atoms with van der Waals surface area (Å²) in [7, 11) is 1.54. The van der Waals surface area contributed by atoms with E-state index in [1.54, 1.807) is 12.1 Å². The van der Waals surface area contributed by atoms with Gasteiger partial charge in [0.15, 0.2) is 17.5 Å². The number of benzene rings is 1. The Labute approximate surface area is 136 Å². The first kappa shape index (κ1) is 15.9. The molecule has 3 N–H and O–H groups in total. The fraction of sp³-hybridized carbons (Fsp3) is 0.588. The van der Waals surface area contributed by atoms with E-state index in [9.17, 15) is 5.11 Å². The predicted octanol–water partition coefficient (Wildman–Crippen LogP) is 1.78. The maximum Gasteiger partial charge on any atom is 0.191 e. The van der Waals surface area contributed by atoms with Crippen molar-refractivity contribution in [3.05, 3.63) is 23.8 Å². The molecule has 1 aromatic rings. The largest absolute Gasteiger partial charge is 0.504 e. The van der Waals surface area contributed by atoms with Crippen LogP contribution in [0.1, 0.15) is 31.7 Å². The van der Waals surface area contributed by atoms with Crippen molar-refractivity contribution in [2.45, 2.75) is 51.0 Å². The fourth-order valence-electron chi connectivity index (χ4n) is 3.29. The van der Waals surface area contributed by atoms with Gasteiger partial charge < -0.3 is 25.2 Å². The zero-order chi connectivity index (χ0) is 16.2. The van der Waals surface area contributed by atoms with Crippen molar-refractivity contribution in [3.63, 3.8) is 0 Å². The van der Waals surface area contributed by atoms with Crippen LogP contribution in [0.3, 0.4) is 0 Å². The van der Waals surface area contributed by atoms with Crippen molar-refractivity contribution < 1.29 is 14.6 Å². The molecule has 2 fully saturated rings. The molecule has 6 heteroatoms. The molecule has 0 spiro atoms. The molecule has 23 heavy (non-hydrogen) atoms. The Morgan fingerprint density at radius 2 is 2.30 bits per heavy atom. The summed E-state index contributed by atoms with van der Waals surface area (Å²) in [5, 5.41) is 16.6. The maximum atomic E-state index is 9.84. The average molecular weight is 319 g/mol. The number of hydrogen-bond acceptors (Lipinski definition) is 4. The molecular weight excluding hydrogens is 294 g/mol. The highest BCUT2D eigenvalue weighted by Gasteiger charge is 2.41. The van der Waals surface area contributed by atoms with Crippen LogP contribution < -0.4 is 15.4 Å². The van der Waals surface area contributed by atoms with Gasteiger partial charge in [-0.2, -0.15) is 0 Å². The van der Waals surface area contributed by atoms with Gasteiger partial charge >= 0.3 is 0 Å². The fourth-order valence-corrected chi connectivity index (χ4v) is 3.29. The van der Waals surface area contributed by atoms with Crippen LogP contribution in [0.2, 0.25) is 0 Å². The van der Waals surface area contributed by atoms with Crippen LogP contribution >= 0.6 is 0 Å². The molecule has 0 radical (unpaired) electrons. The molecular formula is C17H25N3O3. The second kappa shape index (κ2) is 7.08. The first-order valence-electron chi connectivity index (χ1n) is 8.25. The summed E-state index contributed by atoms with van der Waals surface area (Å²) in [6, 6.07) is 5.69. The highest BCUT2D eigenvalue weighted by molar-refractivity contribution is 5.80. The first-order valence-corrected chi connectivity index (χ1v) is 8.25. The summed E-state index contributed by atoms with van der Waals surface area (Å²) in [6.45, 7) is 3.35. The predicted molar refractivity (Wildman–Crippen MR) is 88.9 cm³/mol. The third-order valence-corrected chi connectivity index (χ3v) is 4.44. The Balaban J connectivity index is 1.63. The lowest BCUT2D eigenvalue weighted by Crippen LogP contribution is -2.47. The van der Waals surface area contributed by atoms with E-state index in [0.717, 1.165) is 30.9 Å². The normalized spacial score (nSPS) is 26.3. The molecule has 3 atom stereocenters. The van der Waals surface area contributed by atoms with Crippen LogP contribution in [0.15, 0.2) is 23.2 Å². The van der Waals surface area contributed by atoms with Crippen molar-refractivity contribution >= 4 is 5.96 Å². The van der Waals surface area contributed by atoms with Crippen LogP contribution in [-0.4, -0.2) is 43.0 Å². The lowest BCUT2D eigenvalue weighted by atomic mass is 9.96. The Morgan fingerprint density at radius 3 is 2.91 bits per heavy atom. The molecule has 2 aliphatic rings. The van der Waals surface area contributed by atoms with E-state index in [4.69, 9.17) is 9.47 Å². The molecule has 0 aromatic heterocycles. The minimum Gasteiger partial charge on any atom is -0.504 e. The van der Waals surface area contributed by atoms with E-state index in [2.05, 4.69) is 15.6 Å². The summed E-state index contributed by atoms with van der Waals surface area (Å²) in [4.78, 5) is 4.61. The number of phenolic OH excluding ortho intramolecular Hbond substituents is 1. The number of methoxy groups -OCH3 is 1. The minimum absolute atomic E-state index is 0.139. The highest BCUT2D eigenvalue weighted by Crippen LogP contribution is 2.34. The molecule has 2 bridgehead atoms. The molecule has 126 valence electrons. The molecule has 1 aromatic carbocycles. The Bertz CT molecular complexity index is 576. The van der Waals surface area contributed by atoms with Gasteiger partial charge in [0.2, 0.25) is 0 Å². The van der Waals surface area contributed by atoms with Crippen LogP contribution in [0, 0.1) is 0 Å². The van der Waals surface area contributed by atoms with Crippen molar-refractivity contribution in [2.75, 3.05) is 13.7 Å². The second-order valence-electron chi connectivity index (χ2n) is 6.06. The average Bonchev–Trinajstić information content (AvgIpc) is 3.16. The quantitative estimate of drug-likeness (QED) is 0.570. The molecule has 2 saturated heterocycles. The van der Waals surface area contributed by atoms with Crippen molar-refractivity contribution in [3.8, 4) is 11.5 Å². The van der Waals surface area contributed by atoms with Crippen LogP contribution in [0.25, 0.3) is 0 Å². The zero-order valence-corrected chi connectivity index (χ0v) is 13.7. The summed E-state index contributed by atoms with van der Waals surface area (Å²) in [5.74, 6) is 1.41. The van der Waals surface area contributed by atoms with Gasteiger partial charge in [-0.3, -0.25) is 0 Å². The van der Waals surface area contributed by atoms with Crippen molar-refractivity contribution in [2.24, 2.45) is 4.99 Å². The number of rotatable bonds is 5. The third kappa shape index (κ3) is 3.69. The molecule has 0 aliphatic carbocycles. The maximum absolute atomic E-state index is 9.84. The van der Waals surface area contributed by atoms with Gasteiger partial charge in [-0.25, -0.2) is 4.99 Å². The summed E-state index contributed by atoms with van der Waals surface area (Å²) in [5.41, 5.74) is 0.935.